The van der Waals surface area contributed by atoms with Crippen molar-refractivity contribution >= 4 is 33.8 Å². The average Bonchev–Trinajstić information content (AvgIpc) is 2.92. The van der Waals surface area contributed by atoms with Gasteiger partial charge in [0, 0.05) is 16.6 Å². The van der Waals surface area contributed by atoms with Crippen LogP contribution in [0, 0.1) is 6.92 Å². The van der Waals surface area contributed by atoms with Gasteiger partial charge in [0.1, 0.15) is 5.01 Å². The van der Waals surface area contributed by atoms with Crippen LogP contribution in [0.15, 0.2) is 34.5 Å². The molecule has 0 aliphatic heterocycles. The minimum atomic E-state index is -4.04. The monoisotopic (exact) mass is 383 g/mol. The molecule has 0 aliphatic carbocycles. The first-order valence-electron chi connectivity index (χ1n) is 6.34. The summed E-state index contributed by atoms with van der Waals surface area (Å²) in [6, 6.07) is 6.00. The number of nitrogens with two attached hydrogens (primary N) is 1. The third kappa shape index (κ3) is 5.18. The predicted octanol–water partition coefficient (Wildman–Crippen LogP) is 2.41. The maximum Gasteiger partial charge on any atom is 0.273 e. The molecule has 2 rings (SSSR count). The lowest BCUT2D eigenvalue weighted by molar-refractivity contribution is 0.0170. The Morgan fingerprint density at radius 2 is 2.09 bits per heavy atom. The first kappa shape index (κ1) is 19.9. The number of rotatable bonds is 6. The maximum absolute atomic E-state index is 13.1. The zero-order valence-corrected chi connectivity index (χ0v) is 14.6. The molecule has 2 aromatic rings. The van der Waals surface area contributed by atoms with Crippen LogP contribution in [-0.2, 0) is 10.0 Å². The van der Waals surface area contributed by atoms with Crippen LogP contribution in [0.3, 0.4) is 0 Å². The second kappa shape index (κ2) is 7.63. The lowest BCUT2D eigenvalue weighted by Crippen LogP contribution is -2.41. The van der Waals surface area contributed by atoms with E-state index in [1.165, 1.54) is 23.5 Å². The first-order chi connectivity index (χ1) is 10.2. The number of sulfonamides is 1. The third-order valence-corrected chi connectivity index (χ3v) is 5.24. The molecular formula is C13H16ClF2N3O2S2. The Balaban J connectivity index is 0.00000264. The average molecular weight is 384 g/mol. The van der Waals surface area contributed by atoms with E-state index < -0.39 is 29.0 Å². The summed E-state index contributed by atoms with van der Waals surface area (Å²) >= 11 is 1.38. The van der Waals surface area contributed by atoms with Gasteiger partial charge in [0.25, 0.3) is 5.92 Å². The Bertz CT molecular complexity index is 766. The minimum Gasteiger partial charge on any atom is -0.325 e. The molecule has 0 spiro atoms. The van der Waals surface area contributed by atoms with E-state index in [1.54, 1.807) is 12.1 Å². The molecule has 128 valence electrons. The number of aromatic nitrogens is 1. The number of thiazole rings is 1. The molecule has 0 fully saturated rings. The zero-order valence-electron chi connectivity index (χ0n) is 12.1. The number of nitrogens with zero attached hydrogens (tertiary/aromatic N) is 1. The van der Waals surface area contributed by atoms with E-state index in [0.717, 1.165) is 5.69 Å². The van der Waals surface area contributed by atoms with Crippen molar-refractivity contribution in [1.29, 1.82) is 0 Å². The van der Waals surface area contributed by atoms with Gasteiger partial charge in [0.2, 0.25) is 10.0 Å². The van der Waals surface area contributed by atoms with Crippen LogP contribution >= 0.6 is 23.7 Å². The molecule has 0 bridgehead atoms. The van der Waals surface area contributed by atoms with Gasteiger partial charge in [0.15, 0.2) is 0 Å². The second-order valence-electron chi connectivity index (χ2n) is 4.71. The molecule has 0 amide bonds. The highest BCUT2D eigenvalue weighted by Gasteiger charge is 2.29. The number of hydrogen-bond acceptors (Lipinski definition) is 5. The minimum absolute atomic E-state index is 0. The summed E-state index contributed by atoms with van der Waals surface area (Å²) < 4.78 is 52.2. The first-order valence-corrected chi connectivity index (χ1v) is 8.70. The Kier molecular flexibility index (Phi) is 6.60. The van der Waals surface area contributed by atoms with Crippen LogP contribution in [0.5, 0.6) is 0 Å². The van der Waals surface area contributed by atoms with E-state index in [-0.39, 0.29) is 17.3 Å². The van der Waals surface area contributed by atoms with Crippen LogP contribution < -0.4 is 10.5 Å². The van der Waals surface area contributed by atoms with Crippen molar-refractivity contribution in [2.24, 2.45) is 5.73 Å². The summed E-state index contributed by atoms with van der Waals surface area (Å²) in [7, 11) is -4.04. The van der Waals surface area contributed by atoms with E-state index >= 15 is 0 Å². The Morgan fingerprint density at radius 1 is 1.39 bits per heavy atom. The predicted molar refractivity (Wildman–Crippen MR) is 88.7 cm³/mol. The fourth-order valence-electron chi connectivity index (χ4n) is 1.64. The van der Waals surface area contributed by atoms with Gasteiger partial charge in [-0.1, -0.05) is 12.1 Å². The molecule has 0 aliphatic rings. The molecule has 0 saturated heterocycles. The van der Waals surface area contributed by atoms with Crippen LogP contribution in [0.1, 0.15) is 5.69 Å². The molecule has 0 atom stereocenters. The fourth-order valence-corrected chi connectivity index (χ4v) is 3.54. The molecule has 5 nitrogen and oxygen atoms in total. The standard InChI is InChI=1S/C13H15F2N3O2S2.ClH/c1-9-6-21-12(18-9)10-3-2-4-11(5-10)22(19,20)17-8-13(14,15)7-16;/h2-6,17H,7-8,16H2,1H3;1H. The summed E-state index contributed by atoms with van der Waals surface area (Å²) in [5.41, 5.74) is 6.33. The van der Waals surface area contributed by atoms with Crippen LogP contribution in [0.4, 0.5) is 8.78 Å². The highest BCUT2D eigenvalue weighted by atomic mass is 35.5. The van der Waals surface area contributed by atoms with Gasteiger partial charge in [-0.3, -0.25) is 0 Å². The Labute approximate surface area is 143 Å². The maximum atomic E-state index is 13.1. The van der Waals surface area contributed by atoms with E-state index in [9.17, 15) is 17.2 Å². The summed E-state index contributed by atoms with van der Waals surface area (Å²) in [5.74, 6) is -3.28. The normalized spacial score (nSPS) is 12.0. The smallest absolute Gasteiger partial charge is 0.273 e. The Hall–Kier alpha value is -1.13. The molecule has 0 saturated carbocycles. The largest absolute Gasteiger partial charge is 0.325 e. The van der Waals surface area contributed by atoms with Gasteiger partial charge in [-0.25, -0.2) is 26.9 Å². The summed E-state index contributed by atoms with van der Waals surface area (Å²) in [5, 5.41) is 2.51. The third-order valence-electron chi connectivity index (χ3n) is 2.83. The number of benzene rings is 1. The van der Waals surface area contributed by atoms with Crippen molar-refractivity contribution in [3.8, 4) is 10.6 Å². The van der Waals surface area contributed by atoms with Gasteiger partial charge in [-0.2, -0.15) is 0 Å². The van der Waals surface area contributed by atoms with Gasteiger partial charge in [-0.15, -0.1) is 23.7 Å². The molecule has 1 heterocycles. The number of halogens is 3. The number of hydrogen-bond donors (Lipinski definition) is 2. The van der Waals surface area contributed by atoms with E-state index in [4.69, 9.17) is 5.73 Å². The molecule has 1 aromatic carbocycles. The zero-order chi connectivity index (χ0) is 16.4. The van der Waals surface area contributed by atoms with Gasteiger partial charge in [0.05, 0.1) is 18.0 Å². The number of aryl methyl sites for hydroxylation is 1. The quantitative estimate of drug-likeness (QED) is 0.802. The van der Waals surface area contributed by atoms with E-state index in [2.05, 4.69) is 4.98 Å². The van der Waals surface area contributed by atoms with Gasteiger partial charge in [-0.05, 0) is 19.1 Å². The topological polar surface area (TPSA) is 85.1 Å². The van der Waals surface area contributed by atoms with Crippen molar-refractivity contribution in [3.63, 3.8) is 0 Å². The second-order valence-corrected chi connectivity index (χ2v) is 7.33. The summed E-state index contributed by atoms with van der Waals surface area (Å²) in [6.45, 7) is -0.128. The molecular weight excluding hydrogens is 368 g/mol. The highest BCUT2D eigenvalue weighted by Crippen LogP contribution is 2.25. The van der Waals surface area contributed by atoms with Crippen molar-refractivity contribution in [2.75, 3.05) is 13.1 Å². The number of alkyl halides is 2. The number of nitrogens with one attached hydrogen (secondary N) is 1. The van der Waals surface area contributed by atoms with Crippen LogP contribution in [0.25, 0.3) is 10.6 Å². The fraction of sp³-hybridized carbons (Fsp3) is 0.308. The lowest BCUT2D eigenvalue weighted by Gasteiger charge is -2.15. The van der Waals surface area contributed by atoms with Crippen molar-refractivity contribution in [2.45, 2.75) is 17.7 Å². The van der Waals surface area contributed by atoms with E-state index in [0.29, 0.717) is 10.6 Å². The Morgan fingerprint density at radius 3 is 2.65 bits per heavy atom. The molecule has 1 aromatic heterocycles. The van der Waals surface area contributed by atoms with Crippen molar-refractivity contribution in [3.05, 3.63) is 35.3 Å². The molecule has 23 heavy (non-hydrogen) atoms. The SMILES string of the molecule is Cc1csc(-c2cccc(S(=O)(=O)NCC(F)(F)CN)c2)n1.Cl. The molecule has 0 radical (unpaired) electrons. The van der Waals surface area contributed by atoms with Gasteiger partial charge >= 0.3 is 0 Å². The lowest BCUT2D eigenvalue weighted by atomic mass is 10.2. The van der Waals surface area contributed by atoms with Crippen molar-refractivity contribution in [1.82, 2.24) is 9.71 Å². The molecule has 10 heteroatoms. The van der Waals surface area contributed by atoms with Crippen molar-refractivity contribution < 1.29 is 17.2 Å². The molecule has 3 N–H and O–H groups in total. The van der Waals surface area contributed by atoms with E-state index in [1.807, 2.05) is 17.0 Å². The van der Waals surface area contributed by atoms with Crippen LogP contribution in [0.2, 0.25) is 0 Å². The molecule has 0 unspecified atom stereocenters. The summed E-state index contributed by atoms with van der Waals surface area (Å²) in [6.07, 6.45) is 0. The highest BCUT2D eigenvalue weighted by molar-refractivity contribution is 7.89. The summed E-state index contributed by atoms with van der Waals surface area (Å²) in [4.78, 5) is 4.18. The van der Waals surface area contributed by atoms with Gasteiger partial charge < -0.3 is 5.73 Å². The van der Waals surface area contributed by atoms with Crippen LogP contribution in [-0.4, -0.2) is 32.4 Å².